The van der Waals surface area contributed by atoms with Crippen molar-refractivity contribution < 1.29 is 14.3 Å². The molecule has 1 aliphatic rings. The third-order valence-electron chi connectivity index (χ3n) is 3.91. The second-order valence-electron chi connectivity index (χ2n) is 6.04. The summed E-state index contributed by atoms with van der Waals surface area (Å²) in [5, 5.41) is 3.25. The maximum Gasteiger partial charge on any atom is 0.236 e. The molecule has 1 aromatic rings. The van der Waals surface area contributed by atoms with Gasteiger partial charge in [-0.15, -0.1) is 12.4 Å². The topological polar surface area (TPSA) is 54.0 Å². The lowest BCUT2D eigenvalue weighted by atomic mass is 10.3. The molecular weight excluding hydrogens is 342 g/mol. The summed E-state index contributed by atoms with van der Waals surface area (Å²) >= 11 is 0. The largest absolute Gasteiger partial charge is 0.494 e. The molecule has 1 aliphatic heterocycles. The minimum absolute atomic E-state index is 0. The number of hydrogen-bond acceptors (Lipinski definition) is 5. The summed E-state index contributed by atoms with van der Waals surface area (Å²) in [5.74, 6) is 1.88. The molecular formula is C18H30ClN3O3. The Morgan fingerprint density at radius 3 is 2.24 bits per heavy atom. The molecule has 1 amide bonds. The number of carbonyl (C=O) groups is 1. The van der Waals surface area contributed by atoms with Crippen LogP contribution < -0.4 is 14.8 Å². The van der Waals surface area contributed by atoms with Crippen molar-refractivity contribution in [1.29, 1.82) is 0 Å². The predicted octanol–water partition coefficient (Wildman–Crippen LogP) is 1.64. The van der Waals surface area contributed by atoms with E-state index in [1.54, 1.807) is 0 Å². The highest BCUT2D eigenvalue weighted by molar-refractivity contribution is 5.85. The van der Waals surface area contributed by atoms with Gasteiger partial charge >= 0.3 is 0 Å². The van der Waals surface area contributed by atoms with E-state index >= 15 is 0 Å². The Morgan fingerprint density at radius 1 is 1.12 bits per heavy atom. The second kappa shape index (κ2) is 12.0. The van der Waals surface area contributed by atoms with Gasteiger partial charge in [0.1, 0.15) is 18.1 Å². The Hall–Kier alpha value is -1.50. The highest BCUT2D eigenvalue weighted by Crippen LogP contribution is 2.17. The van der Waals surface area contributed by atoms with Gasteiger partial charge in [-0.05, 0) is 37.7 Å². The number of nitrogens with zero attached hydrogens (tertiary/aromatic N) is 2. The van der Waals surface area contributed by atoms with Crippen molar-refractivity contribution in [3.8, 4) is 11.5 Å². The van der Waals surface area contributed by atoms with E-state index in [2.05, 4.69) is 12.2 Å². The van der Waals surface area contributed by atoms with Gasteiger partial charge in [0.2, 0.25) is 5.91 Å². The fourth-order valence-corrected chi connectivity index (χ4v) is 2.50. The number of ether oxygens (including phenoxy) is 2. The number of rotatable bonds is 9. The van der Waals surface area contributed by atoms with Crippen molar-refractivity contribution in [2.45, 2.75) is 13.3 Å². The van der Waals surface area contributed by atoms with Gasteiger partial charge < -0.3 is 19.7 Å². The minimum atomic E-state index is 0. The molecule has 7 heteroatoms. The van der Waals surface area contributed by atoms with Crippen molar-refractivity contribution in [1.82, 2.24) is 15.1 Å². The molecule has 0 aliphatic carbocycles. The number of likely N-dealkylation sites (N-methyl/N-ethyl adjacent to an activating group) is 1. The Kier molecular flexibility index (Phi) is 10.3. The highest BCUT2D eigenvalue weighted by atomic mass is 35.5. The zero-order valence-electron chi connectivity index (χ0n) is 15.2. The second-order valence-corrected chi connectivity index (χ2v) is 6.04. The van der Waals surface area contributed by atoms with Crippen LogP contribution in [0.25, 0.3) is 0 Å². The van der Waals surface area contributed by atoms with Crippen molar-refractivity contribution in [2.75, 3.05) is 59.5 Å². The zero-order chi connectivity index (χ0) is 17.2. The van der Waals surface area contributed by atoms with E-state index in [4.69, 9.17) is 9.47 Å². The van der Waals surface area contributed by atoms with Crippen molar-refractivity contribution in [3.63, 3.8) is 0 Å². The van der Waals surface area contributed by atoms with E-state index in [1.165, 1.54) is 0 Å². The summed E-state index contributed by atoms with van der Waals surface area (Å²) in [6, 6.07) is 7.67. The first-order valence-electron chi connectivity index (χ1n) is 8.71. The fraction of sp³-hybridized carbons (Fsp3) is 0.611. The first-order chi connectivity index (χ1) is 11.7. The molecule has 1 heterocycles. The summed E-state index contributed by atoms with van der Waals surface area (Å²) in [7, 11) is 1.95. The van der Waals surface area contributed by atoms with Crippen LogP contribution >= 0.6 is 12.4 Å². The highest BCUT2D eigenvalue weighted by Gasteiger charge is 2.17. The number of benzene rings is 1. The standard InChI is InChI=1S/C18H29N3O3.ClH/c1-3-13-23-16-4-6-17(7-5-16)24-14-12-20(2)15-18(22)21-10-8-19-9-11-21;/h4-7,19H,3,8-15H2,1-2H3;1H. The fourth-order valence-electron chi connectivity index (χ4n) is 2.50. The van der Waals surface area contributed by atoms with Crippen LogP contribution in [0.3, 0.4) is 0 Å². The van der Waals surface area contributed by atoms with Crippen LogP contribution in [0.5, 0.6) is 11.5 Å². The number of piperazine rings is 1. The molecule has 25 heavy (non-hydrogen) atoms. The van der Waals surface area contributed by atoms with Gasteiger partial charge in [0.05, 0.1) is 13.2 Å². The van der Waals surface area contributed by atoms with Crippen LogP contribution in [0.15, 0.2) is 24.3 Å². The first-order valence-corrected chi connectivity index (χ1v) is 8.71. The third-order valence-corrected chi connectivity index (χ3v) is 3.91. The van der Waals surface area contributed by atoms with Gasteiger partial charge in [0.15, 0.2) is 0 Å². The molecule has 1 fully saturated rings. The molecule has 0 aromatic heterocycles. The molecule has 0 spiro atoms. The summed E-state index contributed by atoms with van der Waals surface area (Å²) in [6.07, 6.45) is 0.997. The lowest BCUT2D eigenvalue weighted by Crippen LogP contribution is -2.49. The maximum atomic E-state index is 12.2. The molecule has 0 unspecified atom stereocenters. The summed E-state index contributed by atoms with van der Waals surface area (Å²) < 4.78 is 11.3. The average molecular weight is 372 g/mol. The molecule has 1 N–H and O–H groups in total. The van der Waals surface area contributed by atoms with Crippen LogP contribution in [-0.4, -0.2) is 75.2 Å². The van der Waals surface area contributed by atoms with E-state index < -0.39 is 0 Å². The van der Waals surface area contributed by atoms with Gasteiger partial charge in [0, 0.05) is 32.7 Å². The van der Waals surface area contributed by atoms with Crippen molar-refractivity contribution in [3.05, 3.63) is 24.3 Å². The normalized spacial score (nSPS) is 14.1. The summed E-state index contributed by atoms with van der Waals surface area (Å²) in [5.41, 5.74) is 0. The molecule has 1 aromatic carbocycles. The number of amides is 1. The molecule has 0 radical (unpaired) electrons. The van der Waals surface area contributed by atoms with Gasteiger partial charge in [-0.3, -0.25) is 9.69 Å². The van der Waals surface area contributed by atoms with Crippen LogP contribution in [0.4, 0.5) is 0 Å². The Labute approximate surface area is 156 Å². The number of nitrogens with one attached hydrogen (secondary N) is 1. The number of hydrogen-bond donors (Lipinski definition) is 1. The number of halogens is 1. The molecule has 0 saturated carbocycles. The Bertz CT molecular complexity index is 493. The lowest BCUT2D eigenvalue weighted by molar-refractivity contribution is -0.132. The maximum absolute atomic E-state index is 12.2. The molecule has 0 bridgehead atoms. The van der Waals surface area contributed by atoms with E-state index in [-0.39, 0.29) is 18.3 Å². The first kappa shape index (κ1) is 21.5. The number of carbonyl (C=O) groups excluding carboxylic acids is 1. The molecule has 6 nitrogen and oxygen atoms in total. The molecule has 142 valence electrons. The van der Waals surface area contributed by atoms with Crippen molar-refractivity contribution >= 4 is 18.3 Å². The Morgan fingerprint density at radius 2 is 1.68 bits per heavy atom. The predicted molar refractivity (Wildman–Crippen MR) is 102 cm³/mol. The SMILES string of the molecule is CCCOc1ccc(OCCN(C)CC(=O)N2CCNCC2)cc1.Cl. The van der Waals surface area contributed by atoms with Crippen LogP contribution in [0, 0.1) is 0 Å². The van der Waals surface area contributed by atoms with Crippen LogP contribution in [0.2, 0.25) is 0 Å². The third kappa shape index (κ3) is 7.94. The van der Waals surface area contributed by atoms with Crippen LogP contribution in [-0.2, 0) is 4.79 Å². The van der Waals surface area contributed by atoms with Gasteiger partial charge in [-0.2, -0.15) is 0 Å². The quantitative estimate of drug-likeness (QED) is 0.715. The van der Waals surface area contributed by atoms with E-state index in [9.17, 15) is 4.79 Å². The summed E-state index contributed by atoms with van der Waals surface area (Å²) in [4.78, 5) is 16.1. The smallest absolute Gasteiger partial charge is 0.236 e. The van der Waals surface area contributed by atoms with Crippen molar-refractivity contribution in [2.24, 2.45) is 0 Å². The summed E-state index contributed by atoms with van der Waals surface area (Å²) in [6.45, 7) is 7.89. The van der Waals surface area contributed by atoms with E-state index in [0.29, 0.717) is 19.7 Å². The minimum Gasteiger partial charge on any atom is -0.494 e. The molecule has 0 atom stereocenters. The van der Waals surface area contributed by atoms with Gasteiger partial charge in [0.25, 0.3) is 0 Å². The van der Waals surface area contributed by atoms with Gasteiger partial charge in [-0.1, -0.05) is 6.92 Å². The van der Waals surface area contributed by atoms with Gasteiger partial charge in [-0.25, -0.2) is 0 Å². The zero-order valence-corrected chi connectivity index (χ0v) is 16.0. The van der Waals surface area contributed by atoms with Crippen LogP contribution in [0.1, 0.15) is 13.3 Å². The molecule has 1 saturated heterocycles. The monoisotopic (exact) mass is 371 g/mol. The molecule has 2 rings (SSSR count). The van der Waals surface area contributed by atoms with E-state index in [0.717, 1.165) is 50.7 Å². The van der Waals surface area contributed by atoms with E-state index in [1.807, 2.05) is 41.1 Å². The lowest BCUT2D eigenvalue weighted by Gasteiger charge is -2.29. The average Bonchev–Trinajstić information content (AvgIpc) is 2.61. The Balaban J connectivity index is 0.00000312.